The van der Waals surface area contributed by atoms with Crippen molar-refractivity contribution in [1.29, 1.82) is 0 Å². The van der Waals surface area contributed by atoms with Crippen LogP contribution >= 0.6 is 0 Å². The zero-order chi connectivity index (χ0) is 33.0. The third kappa shape index (κ3) is 31.8. The van der Waals surface area contributed by atoms with Crippen LogP contribution in [0.1, 0.15) is 83.1 Å². The molecule has 0 saturated carbocycles. The van der Waals surface area contributed by atoms with Gasteiger partial charge in [-0.3, -0.25) is 0 Å². The standard InChI is InChI=1S/2C10H16N2.C2H6B.6C2H6/c2*1-11(2)9-7-5-6-8-10(9)12(3)4;1-3-2;6*1-2/h2*5-8H,1-4H3;1-2H3;6*1-2H3. The van der Waals surface area contributed by atoms with Crippen molar-refractivity contribution < 1.29 is 0 Å². The van der Waals surface area contributed by atoms with E-state index in [1.54, 1.807) is 0 Å². The molecule has 4 nitrogen and oxygen atoms in total. The van der Waals surface area contributed by atoms with Crippen LogP contribution in [0, 0.1) is 0 Å². The Bertz CT molecular complexity index is 533. The molecule has 0 spiro atoms. The van der Waals surface area contributed by atoms with Crippen molar-refractivity contribution in [2.75, 3.05) is 76.0 Å². The van der Waals surface area contributed by atoms with Crippen molar-refractivity contribution in [3.05, 3.63) is 48.5 Å². The highest BCUT2D eigenvalue weighted by Gasteiger charge is 2.04. The Morgan fingerprint density at radius 2 is 0.436 bits per heavy atom. The van der Waals surface area contributed by atoms with E-state index in [0.29, 0.717) is 0 Å². The van der Waals surface area contributed by atoms with Crippen LogP contribution in [0.3, 0.4) is 0 Å². The third-order valence-corrected chi connectivity index (χ3v) is 3.69. The largest absolute Gasteiger partial charge is 0.376 e. The van der Waals surface area contributed by atoms with E-state index in [-0.39, 0.29) is 0 Å². The first kappa shape index (κ1) is 53.0. The normalized spacial score (nSPS) is 7.23. The third-order valence-electron chi connectivity index (χ3n) is 3.69. The van der Waals surface area contributed by atoms with Crippen molar-refractivity contribution in [1.82, 2.24) is 0 Å². The van der Waals surface area contributed by atoms with Gasteiger partial charge in [0.15, 0.2) is 0 Å². The molecule has 1 radical (unpaired) electrons. The van der Waals surface area contributed by atoms with Crippen molar-refractivity contribution in [3.8, 4) is 0 Å². The van der Waals surface area contributed by atoms with Crippen molar-refractivity contribution >= 4 is 30.0 Å². The first-order chi connectivity index (χ1) is 18.7. The molecule has 0 N–H and O–H groups in total. The summed E-state index contributed by atoms with van der Waals surface area (Å²) in [6.45, 7) is 28.0. The molecule has 0 aliphatic rings. The molecular formula is C34H74BN4. The molecule has 0 aromatic heterocycles. The lowest BCUT2D eigenvalue weighted by Crippen LogP contribution is -2.16. The van der Waals surface area contributed by atoms with E-state index in [1.165, 1.54) is 22.7 Å². The van der Waals surface area contributed by atoms with E-state index >= 15 is 0 Å². The first-order valence-electron chi connectivity index (χ1n) is 15.3. The van der Waals surface area contributed by atoms with Crippen molar-refractivity contribution in [2.45, 2.75) is 96.7 Å². The molecule has 0 unspecified atom stereocenters. The Morgan fingerprint density at radius 1 is 0.333 bits per heavy atom. The second-order valence-electron chi connectivity index (χ2n) is 7.13. The molecule has 0 fully saturated rings. The van der Waals surface area contributed by atoms with E-state index in [9.17, 15) is 0 Å². The smallest absolute Gasteiger partial charge is 0.102 e. The highest BCUT2D eigenvalue weighted by Crippen LogP contribution is 2.26. The monoisotopic (exact) mass is 550 g/mol. The van der Waals surface area contributed by atoms with Gasteiger partial charge in [0.25, 0.3) is 0 Å². The molecule has 2 rings (SSSR count). The maximum absolute atomic E-state index is 2.12. The van der Waals surface area contributed by atoms with Crippen LogP contribution in [-0.4, -0.2) is 63.7 Å². The molecule has 0 aliphatic carbocycles. The average molecular weight is 550 g/mol. The van der Waals surface area contributed by atoms with Crippen LogP contribution in [0.15, 0.2) is 48.5 Å². The quantitative estimate of drug-likeness (QED) is 0.352. The molecule has 0 saturated heterocycles. The Hall–Kier alpha value is -2.30. The zero-order valence-corrected chi connectivity index (χ0v) is 31.0. The number of nitrogens with zero attached hydrogens (tertiary/aromatic N) is 4. The van der Waals surface area contributed by atoms with E-state index < -0.39 is 0 Å². The molecule has 39 heavy (non-hydrogen) atoms. The molecule has 5 heteroatoms. The highest BCUT2D eigenvalue weighted by molar-refractivity contribution is 6.31. The molecule has 0 aliphatic heterocycles. The van der Waals surface area contributed by atoms with E-state index in [0.717, 1.165) is 0 Å². The van der Waals surface area contributed by atoms with Crippen LogP contribution < -0.4 is 19.6 Å². The SMILES string of the molecule is CC.CC.CC.CC.CC.CC.CN(C)c1ccccc1N(C)C.CN(C)c1ccccc1N(C)C.C[B]C. The maximum atomic E-state index is 2.12. The van der Waals surface area contributed by atoms with Gasteiger partial charge < -0.3 is 19.6 Å². The van der Waals surface area contributed by atoms with Gasteiger partial charge in [0.1, 0.15) is 7.28 Å². The highest BCUT2D eigenvalue weighted by atomic mass is 15.1. The predicted molar refractivity (Wildman–Crippen MR) is 196 cm³/mol. The second-order valence-corrected chi connectivity index (χ2v) is 7.13. The molecule has 0 bridgehead atoms. The molecule has 0 amide bonds. The van der Waals surface area contributed by atoms with Gasteiger partial charge in [-0.25, -0.2) is 0 Å². The van der Waals surface area contributed by atoms with E-state index in [1.807, 2.05) is 104 Å². The van der Waals surface area contributed by atoms with Gasteiger partial charge in [-0.1, -0.05) is 121 Å². The van der Waals surface area contributed by atoms with Crippen LogP contribution in [0.25, 0.3) is 0 Å². The summed E-state index contributed by atoms with van der Waals surface area (Å²) in [5.74, 6) is 0. The van der Waals surface area contributed by atoms with Gasteiger partial charge in [-0.2, -0.15) is 0 Å². The summed E-state index contributed by atoms with van der Waals surface area (Å²) in [7, 11) is 18.5. The summed E-state index contributed by atoms with van der Waals surface area (Å²) in [5, 5.41) is 0. The number of hydrogen-bond acceptors (Lipinski definition) is 4. The lowest BCUT2D eigenvalue weighted by atomic mass is 9.88. The number of hydrogen-bond donors (Lipinski definition) is 0. The fraction of sp³-hybridized carbons (Fsp3) is 0.647. The molecular weight excluding hydrogens is 475 g/mol. The van der Waals surface area contributed by atoms with Crippen LogP contribution in [-0.2, 0) is 0 Å². The average Bonchev–Trinajstić information content (AvgIpc) is 3.00. The van der Waals surface area contributed by atoms with Gasteiger partial charge in [-0.15, -0.1) is 0 Å². The topological polar surface area (TPSA) is 13.0 Å². The van der Waals surface area contributed by atoms with Crippen molar-refractivity contribution in [2.24, 2.45) is 0 Å². The minimum absolute atomic E-state index is 1.25. The van der Waals surface area contributed by atoms with E-state index in [2.05, 4.69) is 125 Å². The van der Waals surface area contributed by atoms with Gasteiger partial charge in [0, 0.05) is 56.4 Å². The number of benzene rings is 2. The van der Waals surface area contributed by atoms with Crippen LogP contribution in [0.2, 0.25) is 13.6 Å². The minimum atomic E-state index is 1.25. The number of rotatable bonds is 4. The van der Waals surface area contributed by atoms with Crippen LogP contribution in [0.5, 0.6) is 0 Å². The van der Waals surface area contributed by atoms with Gasteiger partial charge in [0.2, 0.25) is 0 Å². The van der Waals surface area contributed by atoms with Gasteiger partial charge >= 0.3 is 0 Å². The lowest BCUT2D eigenvalue weighted by molar-refractivity contribution is 1.08. The van der Waals surface area contributed by atoms with Gasteiger partial charge in [-0.05, 0) is 24.3 Å². The maximum Gasteiger partial charge on any atom is 0.102 e. The summed E-state index contributed by atoms with van der Waals surface area (Å²) >= 11 is 0. The predicted octanol–water partition coefficient (Wildman–Crippen LogP) is 10.6. The number of para-hydroxylation sites is 4. The second kappa shape index (κ2) is 45.6. The van der Waals surface area contributed by atoms with Gasteiger partial charge in [0.05, 0.1) is 22.7 Å². The Balaban J connectivity index is -0.0000000708. The zero-order valence-electron chi connectivity index (χ0n) is 31.0. The fourth-order valence-electron chi connectivity index (χ4n) is 2.44. The lowest BCUT2D eigenvalue weighted by Gasteiger charge is -2.22. The summed E-state index contributed by atoms with van der Waals surface area (Å²) in [6, 6.07) is 16.7. The molecule has 0 atom stereocenters. The summed E-state index contributed by atoms with van der Waals surface area (Å²) < 4.78 is 0. The Kier molecular flexibility index (Phi) is 62.0. The van der Waals surface area contributed by atoms with Crippen molar-refractivity contribution in [3.63, 3.8) is 0 Å². The fourth-order valence-corrected chi connectivity index (χ4v) is 2.44. The van der Waals surface area contributed by atoms with E-state index in [4.69, 9.17) is 0 Å². The first-order valence-corrected chi connectivity index (χ1v) is 15.3. The minimum Gasteiger partial charge on any atom is -0.376 e. The Morgan fingerprint density at radius 3 is 0.513 bits per heavy atom. The summed E-state index contributed by atoms with van der Waals surface area (Å²) in [6.07, 6.45) is 0. The summed E-state index contributed by atoms with van der Waals surface area (Å²) in [5.41, 5.74) is 5.01. The Labute approximate surface area is 251 Å². The molecule has 2 aromatic carbocycles. The molecule has 2 aromatic rings. The number of anilines is 4. The van der Waals surface area contributed by atoms with Crippen LogP contribution in [0.4, 0.5) is 22.7 Å². The summed E-state index contributed by atoms with van der Waals surface area (Å²) in [4.78, 5) is 8.48. The molecule has 233 valence electrons. The molecule has 0 heterocycles.